The van der Waals surface area contributed by atoms with Crippen molar-refractivity contribution in [3.05, 3.63) is 65.2 Å². The second-order valence-corrected chi connectivity index (χ2v) is 9.66. The average molecular weight is 430 g/mol. The summed E-state index contributed by atoms with van der Waals surface area (Å²) < 4.78 is 27.3. The predicted octanol–water partition coefficient (Wildman–Crippen LogP) is 3.03. The number of carbonyl (C=O) groups excluding carboxylic acids is 1. The van der Waals surface area contributed by atoms with Crippen molar-refractivity contribution in [3.8, 4) is 0 Å². The number of hydrogen-bond donors (Lipinski definition) is 1. The van der Waals surface area contributed by atoms with Crippen molar-refractivity contribution in [1.29, 1.82) is 0 Å². The lowest BCUT2D eigenvalue weighted by Crippen LogP contribution is -2.37. The maximum absolute atomic E-state index is 12.9. The van der Waals surface area contributed by atoms with E-state index in [0.29, 0.717) is 24.2 Å². The van der Waals surface area contributed by atoms with Crippen LogP contribution in [0.4, 0.5) is 0 Å². The topological polar surface area (TPSA) is 69.7 Å². The standard InChI is InChI=1S/C23H31N3O3S/c1-4-26(5-2)30(28,29)22-15-20(12-11-18(22)3)23(27)24-21-13-14-25(17-21)16-19-9-7-6-8-10-19/h6-12,15,21H,4-5,13-14,16-17H2,1-3H3,(H,24,27). The van der Waals surface area contributed by atoms with Crippen LogP contribution in [0.1, 0.15) is 41.8 Å². The smallest absolute Gasteiger partial charge is 0.251 e. The molecule has 2 aromatic rings. The Balaban J connectivity index is 1.68. The zero-order valence-corrected chi connectivity index (χ0v) is 18.8. The van der Waals surface area contributed by atoms with Gasteiger partial charge in [0.1, 0.15) is 0 Å². The fourth-order valence-electron chi connectivity index (χ4n) is 3.93. The molecular weight excluding hydrogens is 398 g/mol. The van der Waals surface area contributed by atoms with Crippen LogP contribution < -0.4 is 5.32 Å². The van der Waals surface area contributed by atoms with Crippen molar-refractivity contribution < 1.29 is 13.2 Å². The summed E-state index contributed by atoms with van der Waals surface area (Å²) in [6.45, 7) is 8.76. The minimum Gasteiger partial charge on any atom is -0.348 e. The second-order valence-electron chi connectivity index (χ2n) is 7.75. The highest BCUT2D eigenvalue weighted by molar-refractivity contribution is 7.89. The first-order valence-electron chi connectivity index (χ1n) is 10.5. The Morgan fingerprint density at radius 3 is 2.50 bits per heavy atom. The molecule has 0 spiro atoms. The maximum atomic E-state index is 12.9. The highest BCUT2D eigenvalue weighted by atomic mass is 32.2. The van der Waals surface area contributed by atoms with E-state index in [1.807, 2.05) is 32.0 Å². The lowest BCUT2D eigenvalue weighted by Gasteiger charge is -2.20. The second kappa shape index (κ2) is 9.73. The lowest BCUT2D eigenvalue weighted by molar-refractivity contribution is 0.0937. The van der Waals surface area contributed by atoms with Crippen LogP contribution >= 0.6 is 0 Å². The van der Waals surface area contributed by atoms with Gasteiger partial charge in [-0.1, -0.05) is 50.2 Å². The largest absolute Gasteiger partial charge is 0.348 e. The van der Waals surface area contributed by atoms with Gasteiger partial charge in [-0.3, -0.25) is 9.69 Å². The summed E-state index contributed by atoms with van der Waals surface area (Å²) in [4.78, 5) is 15.4. The highest BCUT2D eigenvalue weighted by Crippen LogP contribution is 2.22. The zero-order valence-electron chi connectivity index (χ0n) is 18.0. The molecular formula is C23H31N3O3S. The van der Waals surface area contributed by atoms with Gasteiger partial charge in [0.15, 0.2) is 0 Å². The molecule has 0 aromatic heterocycles. The van der Waals surface area contributed by atoms with Crippen molar-refractivity contribution in [2.45, 2.75) is 44.7 Å². The van der Waals surface area contributed by atoms with E-state index in [-0.39, 0.29) is 16.8 Å². The Bertz CT molecular complexity index is 972. The van der Waals surface area contributed by atoms with E-state index in [1.54, 1.807) is 19.1 Å². The number of amides is 1. The maximum Gasteiger partial charge on any atom is 0.251 e. The molecule has 2 aromatic carbocycles. The van der Waals surface area contributed by atoms with Gasteiger partial charge in [-0.25, -0.2) is 8.42 Å². The Labute approximate surface area is 179 Å². The summed E-state index contributed by atoms with van der Waals surface area (Å²) in [5, 5.41) is 3.08. The molecule has 1 aliphatic rings. The number of rotatable bonds is 8. The monoisotopic (exact) mass is 429 g/mol. The molecule has 6 nitrogen and oxygen atoms in total. The van der Waals surface area contributed by atoms with Crippen molar-refractivity contribution in [2.75, 3.05) is 26.2 Å². The normalized spacial score (nSPS) is 17.4. The van der Waals surface area contributed by atoms with Crippen LogP contribution in [0.3, 0.4) is 0 Å². The Morgan fingerprint density at radius 2 is 1.83 bits per heavy atom. The van der Waals surface area contributed by atoms with E-state index in [0.717, 1.165) is 26.1 Å². The summed E-state index contributed by atoms with van der Waals surface area (Å²) in [5.74, 6) is -0.224. The Morgan fingerprint density at radius 1 is 1.13 bits per heavy atom. The lowest BCUT2D eigenvalue weighted by atomic mass is 10.1. The van der Waals surface area contributed by atoms with Gasteiger partial charge in [-0.05, 0) is 36.6 Å². The molecule has 1 unspecified atom stereocenters. The Hall–Kier alpha value is -2.22. The van der Waals surface area contributed by atoms with Crippen LogP contribution in [0.25, 0.3) is 0 Å². The van der Waals surface area contributed by atoms with Gasteiger partial charge in [-0.15, -0.1) is 0 Å². The molecule has 1 aliphatic heterocycles. The van der Waals surface area contributed by atoms with E-state index in [4.69, 9.17) is 0 Å². The minimum atomic E-state index is -3.61. The first-order valence-corrected chi connectivity index (χ1v) is 12.0. The Kier molecular flexibility index (Phi) is 7.28. The number of nitrogens with one attached hydrogen (secondary N) is 1. The number of benzene rings is 2. The predicted molar refractivity (Wildman–Crippen MR) is 119 cm³/mol. The van der Waals surface area contributed by atoms with Gasteiger partial charge in [0.2, 0.25) is 10.0 Å². The number of carbonyl (C=O) groups is 1. The molecule has 0 radical (unpaired) electrons. The molecule has 1 N–H and O–H groups in total. The number of sulfonamides is 1. The minimum absolute atomic E-state index is 0.0605. The van der Waals surface area contributed by atoms with Crippen LogP contribution in [0.15, 0.2) is 53.4 Å². The molecule has 1 atom stereocenters. The molecule has 162 valence electrons. The number of likely N-dealkylation sites (tertiary alicyclic amines) is 1. The van der Waals surface area contributed by atoms with Gasteiger partial charge in [0.05, 0.1) is 4.90 Å². The van der Waals surface area contributed by atoms with E-state index in [2.05, 4.69) is 22.3 Å². The highest BCUT2D eigenvalue weighted by Gasteiger charge is 2.27. The molecule has 0 aliphatic carbocycles. The summed E-state index contributed by atoms with van der Waals surface area (Å²) in [7, 11) is -3.61. The van der Waals surface area contributed by atoms with Crippen LogP contribution in [0.5, 0.6) is 0 Å². The van der Waals surface area contributed by atoms with Gasteiger partial charge < -0.3 is 5.32 Å². The van der Waals surface area contributed by atoms with Crippen molar-refractivity contribution in [1.82, 2.24) is 14.5 Å². The zero-order chi connectivity index (χ0) is 21.7. The van der Waals surface area contributed by atoms with Crippen LogP contribution in [0.2, 0.25) is 0 Å². The molecule has 0 bridgehead atoms. The van der Waals surface area contributed by atoms with Crippen LogP contribution in [0, 0.1) is 6.92 Å². The third-order valence-corrected chi connectivity index (χ3v) is 7.82. The summed E-state index contributed by atoms with van der Waals surface area (Å²) in [5.41, 5.74) is 2.29. The fourth-order valence-corrected chi connectivity index (χ4v) is 5.64. The average Bonchev–Trinajstić information content (AvgIpc) is 3.16. The molecule has 30 heavy (non-hydrogen) atoms. The van der Waals surface area contributed by atoms with E-state index in [1.165, 1.54) is 15.9 Å². The first-order chi connectivity index (χ1) is 14.3. The molecule has 1 saturated heterocycles. The van der Waals surface area contributed by atoms with Crippen molar-refractivity contribution >= 4 is 15.9 Å². The fraction of sp³-hybridized carbons (Fsp3) is 0.435. The molecule has 1 fully saturated rings. The summed E-state index contributed by atoms with van der Waals surface area (Å²) >= 11 is 0. The van der Waals surface area contributed by atoms with Gasteiger partial charge >= 0.3 is 0 Å². The van der Waals surface area contributed by atoms with Crippen LogP contribution in [-0.4, -0.2) is 55.8 Å². The molecule has 1 heterocycles. The third-order valence-electron chi connectivity index (χ3n) is 5.63. The first kappa shape index (κ1) is 22.5. The molecule has 7 heteroatoms. The molecule has 1 amide bonds. The van der Waals surface area contributed by atoms with Crippen molar-refractivity contribution in [3.63, 3.8) is 0 Å². The van der Waals surface area contributed by atoms with Gasteiger partial charge in [0, 0.05) is 44.3 Å². The van der Waals surface area contributed by atoms with Gasteiger partial charge in [0.25, 0.3) is 5.91 Å². The number of nitrogens with zero attached hydrogens (tertiary/aromatic N) is 2. The summed E-state index contributed by atoms with van der Waals surface area (Å²) in [6, 6.07) is 15.3. The van der Waals surface area contributed by atoms with Crippen molar-refractivity contribution in [2.24, 2.45) is 0 Å². The molecule has 3 rings (SSSR count). The SMILES string of the molecule is CCN(CC)S(=O)(=O)c1cc(C(=O)NC2CCN(Cc3ccccc3)C2)ccc1C. The number of aryl methyl sites for hydroxylation is 1. The molecule has 0 saturated carbocycles. The van der Waals surface area contributed by atoms with E-state index < -0.39 is 10.0 Å². The van der Waals surface area contributed by atoms with E-state index in [9.17, 15) is 13.2 Å². The quantitative estimate of drug-likeness (QED) is 0.700. The van der Waals surface area contributed by atoms with E-state index >= 15 is 0 Å². The summed E-state index contributed by atoms with van der Waals surface area (Å²) in [6.07, 6.45) is 0.884. The number of hydrogen-bond acceptors (Lipinski definition) is 4. The van der Waals surface area contributed by atoms with Gasteiger partial charge in [-0.2, -0.15) is 4.31 Å². The van der Waals surface area contributed by atoms with Crippen LogP contribution in [-0.2, 0) is 16.6 Å². The third kappa shape index (κ3) is 5.09.